The Bertz CT molecular complexity index is 1220. The fourth-order valence-corrected chi connectivity index (χ4v) is 3.50. The monoisotopic (exact) mass is 458 g/mol. The molecule has 0 unspecified atom stereocenters. The van der Waals surface area contributed by atoms with Crippen LogP contribution < -0.4 is 9.47 Å². The number of fused-ring (bicyclic) bond motifs is 1. The fraction of sp³-hybridized carbons (Fsp3) is 0.136. The summed E-state index contributed by atoms with van der Waals surface area (Å²) in [5.41, 5.74) is 0.0484. The van der Waals surface area contributed by atoms with Gasteiger partial charge in [-0.05, 0) is 24.3 Å². The van der Waals surface area contributed by atoms with Crippen molar-refractivity contribution in [3.63, 3.8) is 0 Å². The maximum Gasteiger partial charge on any atom is 0.343 e. The van der Waals surface area contributed by atoms with E-state index in [1.165, 1.54) is 6.07 Å². The molecule has 33 heavy (non-hydrogen) atoms. The summed E-state index contributed by atoms with van der Waals surface area (Å²) >= 11 is 0. The van der Waals surface area contributed by atoms with Crippen LogP contribution in [0.25, 0.3) is 0 Å². The van der Waals surface area contributed by atoms with Crippen LogP contribution in [0.4, 0.5) is 0 Å². The number of aliphatic hydroxyl groups excluding tert-OH is 1. The van der Waals surface area contributed by atoms with Crippen LogP contribution in [0.15, 0.2) is 36.4 Å². The second-order valence-electron chi connectivity index (χ2n) is 7.39. The summed E-state index contributed by atoms with van der Waals surface area (Å²) in [5, 5.41) is 78.3. The number of rotatable bonds is 3. The van der Waals surface area contributed by atoms with E-state index >= 15 is 0 Å². The summed E-state index contributed by atoms with van der Waals surface area (Å²) in [5.74, 6) is -5.82. The summed E-state index contributed by atoms with van der Waals surface area (Å²) in [6, 6.07) is 6.26. The Hall–Kier alpha value is -4.51. The zero-order chi connectivity index (χ0) is 24.0. The first-order valence-corrected chi connectivity index (χ1v) is 9.47. The van der Waals surface area contributed by atoms with E-state index in [4.69, 9.17) is 9.47 Å². The van der Waals surface area contributed by atoms with Gasteiger partial charge in [-0.1, -0.05) is 0 Å². The van der Waals surface area contributed by atoms with Gasteiger partial charge < -0.3 is 50.3 Å². The molecular formula is C22H18O11. The second-order valence-corrected chi connectivity index (χ2v) is 7.39. The molecule has 1 aliphatic heterocycles. The Morgan fingerprint density at radius 2 is 1.36 bits per heavy atom. The molecule has 3 aromatic carbocycles. The maximum atomic E-state index is 12.5. The Labute approximate surface area is 185 Å². The molecule has 0 aliphatic carbocycles. The third-order valence-electron chi connectivity index (χ3n) is 5.10. The van der Waals surface area contributed by atoms with Gasteiger partial charge in [0, 0.05) is 29.7 Å². The standard InChI is InChI=1S/C22H18O11/c23-10-5-17-11(7-16(28)21(32-17)8-1-12(24)19(29)13(25)2-8)18(6-10)33-22(31)9-3-14(26)20(30)15(27)4-9/h1-6,16,21,23-30H,7H2/t16-,21+/m0/s1. The van der Waals surface area contributed by atoms with Gasteiger partial charge in [-0.3, -0.25) is 0 Å². The van der Waals surface area contributed by atoms with Gasteiger partial charge in [0.05, 0.1) is 11.7 Å². The van der Waals surface area contributed by atoms with Crippen molar-refractivity contribution in [3.8, 4) is 51.7 Å². The molecule has 0 saturated heterocycles. The van der Waals surface area contributed by atoms with E-state index in [-0.39, 0.29) is 40.4 Å². The van der Waals surface area contributed by atoms with Gasteiger partial charge in [-0.25, -0.2) is 4.79 Å². The van der Waals surface area contributed by atoms with Crippen LogP contribution in [-0.4, -0.2) is 52.9 Å². The molecule has 0 amide bonds. The van der Waals surface area contributed by atoms with Crippen molar-refractivity contribution < 1.29 is 55.1 Å². The topological polar surface area (TPSA) is 197 Å². The van der Waals surface area contributed by atoms with E-state index in [1.54, 1.807) is 0 Å². The summed E-state index contributed by atoms with van der Waals surface area (Å²) in [7, 11) is 0. The highest BCUT2D eigenvalue weighted by atomic mass is 16.5. The number of aromatic hydroxyl groups is 7. The Balaban J connectivity index is 1.67. The number of benzene rings is 3. The lowest BCUT2D eigenvalue weighted by atomic mass is 9.93. The lowest BCUT2D eigenvalue weighted by Gasteiger charge is -2.32. The molecule has 0 spiro atoms. The number of aliphatic hydroxyl groups is 1. The largest absolute Gasteiger partial charge is 0.508 e. The number of hydrogen-bond acceptors (Lipinski definition) is 11. The molecule has 0 radical (unpaired) electrons. The van der Waals surface area contributed by atoms with Gasteiger partial charge in [0.25, 0.3) is 0 Å². The van der Waals surface area contributed by atoms with Crippen LogP contribution in [0, 0.1) is 0 Å². The number of ether oxygens (including phenoxy) is 2. The molecule has 0 fully saturated rings. The smallest absolute Gasteiger partial charge is 0.343 e. The van der Waals surface area contributed by atoms with Crippen molar-refractivity contribution in [2.45, 2.75) is 18.6 Å². The maximum absolute atomic E-state index is 12.5. The highest BCUT2D eigenvalue weighted by Gasteiger charge is 2.34. The SMILES string of the molecule is O=C(Oc1cc(O)cc2c1C[C@H](O)[C@@H](c1cc(O)c(O)c(O)c1)O2)c1cc(O)c(O)c(O)c1. The van der Waals surface area contributed by atoms with Gasteiger partial charge >= 0.3 is 5.97 Å². The molecule has 1 aliphatic rings. The van der Waals surface area contributed by atoms with E-state index in [0.29, 0.717) is 0 Å². The van der Waals surface area contributed by atoms with Gasteiger partial charge in [-0.15, -0.1) is 0 Å². The van der Waals surface area contributed by atoms with E-state index in [1.807, 2.05) is 0 Å². The predicted octanol–water partition coefficient (Wildman–Crippen LogP) is 1.88. The van der Waals surface area contributed by atoms with Crippen molar-refractivity contribution in [2.75, 3.05) is 0 Å². The van der Waals surface area contributed by atoms with Crippen molar-refractivity contribution in [2.24, 2.45) is 0 Å². The van der Waals surface area contributed by atoms with E-state index in [0.717, 1.165) is 30.3 Å². The van der Waals surface area contributed by atoms with Crippen LogP contribution in [0.1, 0.15) is 27.6 Å². The Morgan fingerprint density at radius 3 is 1.94 bits per heavy atom. The van der Waals surface area contributed by atoms with Crippen LogP contribution >= 0.6 is 0 Å². The zero-order valence-electron chi connectivity index (χ0n) is 16.6. The summed E-state index contributed by atoms with van der Waals surface area (Å²) in [6.07, 6.45) is -2.48. The Kier molecular flexibility index (Phi) is 5.18. The molecule has 2 atom stereocenters. The fourth-order valence-electron chi connectivity index (χ4n) is 3.50. The van der Waals surface area contributed by atoms with E-state index in [9.17, 15) is 45.6 Å². The summed E-state index contributed by atoms with van der Waals surface area (Å²) in [4.78, 5) is 12.5. The molecule has 0 bridgehead atoms. The second kappa shape index (κ2) is 7.88. The van der Waals surface area contributed by atoms with Crippen LogP contribution in [-0.2, 0) is 6.42 Å². The van der Waals surface area contributed by atoms with E-state index < -0.39 is 52.7 Å². The highest BCUT2D eigenvalue weighted by molar-refractivity contribution is 5.93. The summed E-state index contributed by atoms with van der Waals surface area (Å²) in [6.45, 7) is 0. The normalized spacial score (nSPS) is 17.1. The molecule has 0 aromatic heterocycles. The lowest BCUT2D eigenvalue weighted by Crippen LogP contribution is -2.30. The van der Waals surface area contributed by atoms with Gasteiger partial charge in [0.15, 0.2) is 40.6 Å². The highest BCUT2D eigenvalue weighted by Crippen LogP contribution is 2.45. The van der Waals surface area contributed by atoms with Crippen LogP contribution in [0.2, 0.25) is 0 Å². The molecular weight excluding hydrogens is 440 g/mol. The first-order chi connectivity index (χ1) is 15.5. The average molecular weight is 458 g/mol. The van der Waals surface area contributed by atoms with E-state index in [2.05, 4.69) is 0 Å². The number of phenols is 7. The minimum Gasteiger partial charge on any atom is -0.508 e. The average Bonchev–Trinajstić information content (AvgIpc) is 2.75. The van der Waals surface area contributed by atoms with Crippen molar-refractivity contribution in [1.82, 2.24) is 0 Å². The third kappa shape index (κ3) is 3.92. The van der Waals surface area contributed by atoms with Crippen molar-refractivity contribution in [1.29, 1.82) is 0 Å². The molecule has 172 valence electrons. The summed E-state index contributed by atoms with van der Waals surface area (Å²) < 4.78 is 11.0. The van der Waals surface area contributed by atoms with Gasteiger partial charge in [0.1, 0.15) is 17.2 Å². The lowest BCUT2D eigenvalue weighted by molar-refractivity contribution is 0.0192. The predicted molar refractivity (Wildman–Crippen MR) is 109 cm³/mol. The number of carbonyl (C=O) groups excluding carboxylic acids is 1. The molecule has 1 heterocycles. The third-order valence-corrected chi connectivity index (χ3v) is 5.10. The first kappa shape index (κ1) is 21.7. The van der Waals surface area contributed by atoms with Crippen molar-refractivity contribution in [3.05, 3.63) is 53.1 Å². The number of esters is 1. The molecule has 11 nitrogen and oxygen atoms in total. The molecule has 3 aromatic rings. The van der Waals surface area contributed by atoms with Crippen LogP contribution in [0.5, 0.6) is 51.7 Å². The minimum atomic E-state index is -1.25. The number of carbonyl (C=O) groups is 1. The molecule has 8 N–H and O–H groups in total. The minimum absolute atomic E-state index is 0.0385. The number of phenolic OH excluding ortho intramolecular Hbond substituents is 7. The first-order valence-electron chi connectivity index (χ1n) is 9.47. The number of hydrogen-bond donors (Lipinski definition) is 8. The Morgan fingerprint density at radius 1 is 0.818 bits per heavy atom. The van der Waals surface area contributed by atoms with Crippen molar-refractivity contribution >= 4 is 5.97 Å². The molecule has 11 heteroatoms. The zero-order valence-corrected chi connectivity index (χ0v) is 16.6. The molecule has 4 rings (SSSR count). The quantitative estimate of drug-likeness (QED) is 0.162. The van der Waals surface area contributed by atoms with Gasteiger partial charge in [0.2, 0.25) is 0 Å². The molecule has 0 saturated carbocycles. The van der Waals surface area contributed by atoms with Crippen LogP contribution in [0.3, 0.4) is 0 Å². The van der Waals surface area contributed by atoms with Gasteiger partial charge in [-0.2, -0.15) is 0 Å².